The van der Waals surface area contributed by atoms with E-state index in [0.29, 0.717) is 6.42 Å². The topological polar surface area (TPSA) is 98.5 Å². The SMILES string of the molecule is C=CC[C@H](N)CS(N)(=O)=NC(C)=O. The third-order valence-electron chi connectivity index (χ3n) is 1.21. The number of amides is 1. The Kier molecular flexibility index (Phi) is 4.82. The summed E-state index contributed by atoms with van der Waals surface area (Å²) in [7, 11) is -2.95. The van der Waals surface area contributed by atoms with Crippen molar-refractivity contribution in [1.82, 2.24) is 0 Å². The molecule has 76 valence electrons. The largest absolute Gasteiger partial charge is 0.327 e. The molecule has 0 bridgehead atoms. The zero-order chi connectivity index (χ0) is 10.5. The van der Waals surface area contributed by atoms with E-state index in [-0.39, 0.29) is 11.8 Å². The number of hydrogen-bond donors (Lipinski definition) is 2. The molecule has 0 saturated carbocycles. The molecule has 0 fully saturated rings. The molecule has 0 aliphatic heterocycles. The maximum Gasteiger partial charge on any atom is 0.251 e. The summed E-state index contributed by atoms with van der Waals surface area (Å²) in [6, 6.07) is -0.363. The van der Waals surface area contributed by atoms with Crippen LogP contribution in [-0.4, -0.2) is 21.9 Å². The van der Waals surface area contributed by atoms with Gasteiger partial charge in [0.05, 0.1) is 5.75 Å². The summed E-state index contributed by atoms with van der Waals surface area (Å²) in [6.07, 6.45) is 2.11. The molecule has 2 atom stereocenters. The van der Waals surface area contributed by atoms with Crippen LogP contribution in [0.15, 0.2) is 17.0 Å². The van der Waals surface area contributed by atoms with Crippen LogP contribution in [0.4, 0.5) is 0 Å². The first-order valence-electron chi connectivity index (χ1n) is 3.77. The molecule has 5 nitrogen and oxygen atoms in total. The normalized spacial score (nSPS) is 17.2. The van der Waals surface area contributed by atoms with Gasteiger partial charge >= 0.3 is 0 Å². The summed E-state index contributed by atoms with van der Waals surface area (Å²) in [5, 5.41) is 5.27. The Hall–Kier alpha value is -0.720. The molecule has 0 saturated heterocycles. The van der Waals surface area contributed by atoms with Crippen molar-refractivity contribution in [1.29, 1.82) is 0 Å². The molecule has 0 spiro atoms. The van der Waals surface area contributed by atoms with Gasteiger partial charge in [0, 0.05) is 13.0 Å². The van der Waals surface area contributed by atoms with E-state index >= 15 is 0 Å². The van der Waals surface area contributed by atoms with Crippen LogP contribution in [0.5, 0.6) is 0 Å². The Balaban J connectivity index is 4.42. The quantitative estimate of drug-likeness (QED) is 0.620. The highest BCUT2D eigenvalue weighted by molar-refractivity contribution is 7.91. The highest BCUT2D eigenvalue weighted by Crippen LogP contribution is 1.95. The first-order chi connectivity index (χ1) is 5.87. The molecule has 0 aromatic heterocycles. The summed E-state index contributed by atoms with van der Waals surface area (Å²) in [4.78, 5) is 10.5. The fourth-order valence-electron chi connectivity index (χ4n) is 0.844. The van der Waals surface area contributed by atoms with Crippen LogP contribution >= 0.6 is 0 Å². The maximum atomic E-state index is 11.4. The van der Waals surface area contributed by atoms with Crippen molar-refractivity contribution in [3.05, 3.63) is 12.7 Å². The predicted octanol–water partition coefficient (Wildman–Crippen LogP) is -0.222. The van der Waals surface area contributed by atoms with Crippen LogP contribution < -0.4 is 10.9 Å². The van der Waals surface area contributed by atoms with E-state index in [1.54, 1.807) is 6.08 Å². The molecule has 0 rings (SSSR count). The lowest BCUT2D eigenvalue weighted by Gasteiger charge is -2.08. The Labute approximate surface area is 78.5 Å². The minimum absolute atomic E-state index is 0.0125. The zero-order valence-corrected chi connectivity index (χ0v) is 8.42. The van der Waals surface area contributed by atoms with E-state index in [1.807, 2.05) is 0 Å². The van der Waals surface area contributed by atoms with Crippen LogP contribution in [0.1, 0.15) is 13.3 Å². The first-order valence-corrected chi connectivity index (χ1v) is 5.51. The van der Waals surface area contributed by atoms with Crippen LogP contribution in [0, 0.1) is 0 Å². The summed E-state index contributed by atoms with van der Waals surface area (Å²) in [6.45, 7) is 4.68. The molecule has 0 radical (unpaired) electrons. The zero-order valence-electron chi connectivity index (χ0n) is 7.60. The summed E-state index contributed by atoms with van der Waals surface area (Å²) >= 11 is 0. The smallest absolute Gasteiger partial charge is 0.251 e. The van der Waals surface area contributed by atoms with Gasteiger partial charge in [0.25, 0.3) is 5.91 Å². The van der Waals surface area contributed by atoms with Crippen molar-refractivity contribution in [3.63, 3.8) is 0 Å². The second-order valence-electron chi connectivity index (χ2n) is 2.75. The van der Waals surface area contributed by atoms with Gasteiger partial charge in [-0.1, -0.05) is 6.08 Å². The Bertz CT molecular complexity index is 305. The van der Waals surface area contributed by atoms with E-state index < -0.39 is 15.8 Å². The second-order valence-corrected chi connectivity index (χ2v) is 4.65. The lowest BCUT2D eigenvalue weighted by Crippen LogP contribution is -2.33. The molecular weight excluding hydrogens is 190 g/mol. The van der Waals surface area contributed by atoms with Crippen molar-refractivity contribution in [2.75, 3.05) is 5.75 Å². The minimum Gasteiger partial charge on any atom is -0.327 e. The van der Waals surface area contributed by atoms with E-state index in [2.05, 4.69) is 10.9 Å². The van der Waals surface area contributed by atoms with Gasteiger partial charge in [0.15, 0.2) is 0 Å². The molecule has 1 amide bonds. The highest BCUT2D eigenvalue weighted by Gasteiger charge is 2.09. The van der Waals surface area contributed by atoms with Gasteiger partial charge in [0.1, 0.15) is 9.92 Å². The molecule has 0 heterocycles. The monoisotopic (exact) mass is 205 g/mol. The molecule has 0 aliphatic rings. The van der Waals surface area contributed by atoms with E-state index in [1.165, 1.54) is 6.92 Å². The Morgan fingerprint density at radius 1 is 1.77 bits per heavy atom. The average molecular weight is 205 g/mol. The first kappa shape index (κ1) is 12.3. The summed E-state index contributed by atoms with van der Waals surface area (Å²) in [5.41, 5.74) is 5.54. The molecule has 1 unspecified atom stereocenters. The van der Waals surface area contributed by atoms with E-state index in [0.717, 1.165) is 0 Å². The number of carbonyl (C=O) groups is 1. The van der Waals surface area contributed by atoms with Crippen LogP contribution in [-0.2, 0) is 14.7 Å². The van der Waals surface area contributed by atoms with Crippen molar-refractivity contribution < 1.29 is 9.00 Å². The highest BCUT2D eigenvalue weighted by atomic mass is 32.2. The minimum atomic E-state index is -2.95. The summed E-state index contributed by atoms with van der Waals surface area (Å²) < 4.78 is 14.6. The average Bonchev–Trinajstić information content (AvgIpc) is 1.81. The fraction of sp³-hybridized carbons (Fsp3) is 0.571. The van der Waals surface area contributed by atoms with Gasteiger partial charge in [0.2, 0.25) is 0 Å². The van der Waals surface area contributed by atoms with Crippen LogP contribution in [0.3, 0.4) is 0 Å². The summed E-state index contributed by atoms with van der Waals surface area (Å²) in [5.74, 6) is -0.531. The van der Waals surface area contributed by atoms with Crippen molar-refractivity contribution in [2.45, 2.75) is 19.4 Å². The number of carbonyl (C=O) groups excluding carboxylic acids is 1. The fourth-order valence-corrected chi connectivity index (χ4v) is 2.10. The predicted molar refractivity (Wildman–Crippen MR) is 53.1 cm³/mol. The van der Waals surface area contributed by atoms with Crippen molar-refractivity contribution in [2.24, 2.45) is 15.2 Å². The maximum absolute atomic E-state index is 11.4. The Morgan fingerprint density at radius 2 is 2.31 bits per heavy atom. The standard InChI is InChI=1S/C7H15N3O2S/c1-3-4-7(8)5-13(9,12)10-6(2)11/h3,7H,1,4-5,8H2,2H3,(H2,9,10,11,12)/t7-,13?/m0/s1. The van der Waals surface area contributed by atoms with Crippen molar-refractivity contribution >= 4 is 15.8 Å². The molecule has 0 aliphatic carbocycles. The molecule has 0 aromatic rings. The van der Waals surface area contributed by atoms with Gasteiger partial charge in [-0.2, -0.15) is 0 Å². The lowest BCUT2D eigenvalue weighted by atomic mass is 10.2. The van der Waals surface area contributed by atoms with Gasteiger partial charge in [-0.3, -0.25) is 4.79 Å². The third kappa shape index (κ3) is 6.44. The molecule has 6 heteroatoms. The second kappa shape index (κ2) is 5.11. The van der Waals surface area contributed by atoms with Crippen LogP contribution in [0.2, 0.25) is 0 Å². The molecule has 13 heavy (non-hydrogen) atoms. The number of nitrogens with zero attached hydrogens (tertiary/aromatic N) is 1. The van der Waals surface area contributed by atoms with Gasteiger partial charge < -0.3 is 5.73 Å². The number of nitrogens with two attached hydrogens (primary N) is 2. The molecular formula is C7H15N3O2S. The third-order valence-corrected chi connectivity index (χ3v) is 2.68. The van der Waals surface area contributed by atoms with E-state index in [4.69, 9.17) is 10.9 Å². The molecule has 4 N–H and O–H groups in total. The van der Waals surface area contributed by atoms with Gasteiger partial charge in [-0.05, 0) is 6.42 Å². The number of hydrogen-bond acceptors (Lipinski definition) is 3. The van der Waals surface area contributed by atoms with Gasteiger partial charge in [-0.25, -0.2) is 9.35 Å². The van der Waals surface area contributed by atoms with Gasteiger partial charge in [-0.15, -0.1) is 10.9 Å². The Morgan fingerprint density at radius 3 is 2.69 bits per heavy atom. The number of rotatable bonds is 4. The lowest BCUT2D eigenvalue weighted by molar-refractivity contribution is -0.115. The van der Waals surface area contributed by atoms with Crippen molar-refractivity contribution in [3.8, 4) is 0 Å². The van der Waals surface area contributed by atoms with Crippen LogP contribution in [0.25, 0.3) is 0 Å². The molecule has 0 aromatic carbocycles. The van der Waals surface area contributed by atoms with E-state index in [9.17, 15) is 9.00 Å².